The number of esters is 1. The van der Waals surface area contributed by atoms with Crippen LogP contribution < -0.4 is 5.32 Å². The Morgan fingerprint density at radius 3 is 2.58 bits per heavy atom. The van der Waals surface area contributed by atoms with Crippen molar-refractivity contribution in [2.24, 2.45) is 0 Å². The molecule has 164 valence electrons. The zero-order chi connectivity index (χ0) is 22.9. The molecule has 3 rings (SSSR count). The topological polar surface area (TPSA) is 136 Å². The maximum Gasteiger partial charge on any atom is 0.378 e. The van der Waals surface area contributed by atoms with E-state index in [0.717, 1.165) is 10.00 Å². The fourth-order valence-corrected chi connectivity index (χ4v) is 3.70. The number of ether oxygens (including phenoxy) is 1. The van der Waals surface area contributed by atoms with E-state index in [1.807, 2.05) is 0 Å². The number of carbonyl (C=O) groups is 2. The fraction of sp³-hybridized carbons (Fsp3) is 0.278. The summed E-state index contributed by atoms with van der Waals surface area (Å²) in [7, 11) is -0.955. The quantitative estimate of drug-likeness (QED) is 0.539. The second-order valence-electron chi connectivity index (χ2n) is 6.74. The number of benzene rings is 1. The van der Waals surface area contributed by atoms with Gasteiger partial charge >= 0.3 is 5.97 Å². The third-order valence-electron chi connectivity index (χ3n) is 4.13. The van der Waals surface area contributed by atoms with Crippen LogP contribution in [-0.4, -0.2) is 64.9 Å². The van der Waals surface area contributed by atoms with Crippen LogP contribution in [0.1, 0.15) is 22.0 Å². The molecule has 1 N–H and O–H groups in total. The van der Waals surface area contributed by atoms with Crippen molar-refractivity contribution >= 4 is 45.0 Å². The van der Waals surface area contributed by atoms with Crippen LogP contribution in [0.15, 0.2) is 29.2 Å². The molecule has 0 unspecified atom stereocenters. The van der Waals surface area contributed by atoms with Gasteiger partial charge in [-0.25, -0.2) is 27.0 Å². The van der Waals surface area contributed by atoms with Gasteiger partial charge in [0.15, 0.2) is 6.61 Å². The van der Waals surface area contributed by atoms with Crippen molar-refractivity contribution in [2.75, 3.05) is 26.0 Å². The van der Waals surface area contributed by atoms with Crippen LogP contribution in [0.3, 0.4) is 0 Å². The third kappa shape index (κ3) is 4.81. The largest absolute Gasteiger partial charge is 0.450 e. The number of nitrogens with zero attached hydrogens (tertiary/aromatic N) is 5. The minimum atomic E-state index is -3.72. The summed E-state index contributed by atoms with van der Waals surface area (Å²) in [5.41, 5.74) is 1.51. The van der Waals surface area contributed by atoms with Crippen molar-refractivity contribution < 1.29 is 22.7 Å². The summed E-state index contributed by atoms with van der Waals surface area (Å²) in [6.45, 7) is 2.92. The van der Waals surface area contributed by atoms with Crippen molar-refractivity contribution in [3.05, 3.63) is 46.5 Å². The first-order valence-corrected chi connectivity index (χ1v) is 10.7. The first kappa shape index (κ1) is 22.6. The average Bonchev–Trinajstić information content (AvgIpc) is 3.12. The molecule has 0 radical (unpaired) electrons. The number of nitrogens with one attached hydrogen (secondary N) is 1. The van der Waals surface area contributed by atoms with Crippen molar-refractivity contribution in [1.82, 2.24) is 23.9 Å². The predicted octanol–water partition coefficient (Wildman–Crippen LogP) is 1.44. The molecule has 13 heteroatoms. The normalized spacial score (nSPS) is 11.7. The van der Waals surface area contributed by atoms with Gasteiger partial charge in [-0.1, -0.05) is 11.6 Å². The van der Waals surface area contributed by atoms with Gasteiger partial charge in [0.05, 0.1) is 15.6 Å². The lowest BCUT2D eigenvalue weighted by Gasteiger charge is -2.13. The van der Waals surface area contributed by atoms with Gasteiger partial charge in [-0.3, -0.25) is 4.79 Å². The van der Waals surface area contributed by atoms with Crippen LogP contribution in [0.25, 0.3) is 5.78 Å². The van der Waals surface area contributed by atoms with Crippen LogP contribution in [-0.2, 0) is 19.6 Å². The average molecular weight is 467 g/mol. The molecule has 11 nitrogen and oxygen atoms in total. The fourth-order valence-electron chi connectivity index (χ4n) is 2.61. The molecule has 0 fully saturated rings. The number of hydrogen-bond donors (Lipinski definition) is 1. The van der Waals surface area contributed by atoms with Crippen molar-refractivity contribution in [3.8, 4) is 0 Å². The minimum Gasteiger partial charge on any atom is -0.450 e. The number of amides is 1. The zero-order valence-electron chi connectivity index (χ0n) is 17.1. The monoisotopic (exact) mass is 466 g/mol. The Kier molecular flexibility index (Phi) is 6.25. The Balaban J connectivity index is 1.69. The lowest BCUT2D eigenvalue weighted by Crippen LogP contribution is -2.23. The van der Waals surface area contributed by atoms with E-state index in [9.17, 15) is 18.0 Å². The molecule has 0 saturated heterocycles. The van der Waals surface area contributed by atoms with Gasteiger partial charge < -0.3 is 10.1 Å². The second kappa shape index (κ2) is 8.57. The Bertz CT molecular complexity index is 1290. The maximum atomic E-state index is 12.3. The molecule has 1 amide bonds. The Hall–Kier alpha value is -3.09. The standard InChI is InChI=1S/C18H19ClN6O5S/c1-10-7-11(2)25-18(20-10)22-16(23-25)17(27)30-9-15(26)21-14-8-12(5-6-13(14)19)31(28,29)24(3)4/h5-8H,9H2,1-4H3,(H,21,26). The predicted molar refractivity (Wildman–Crippen MR) is 111 cm³/mol. The molecule has 0 spiro atoms. The summed E-state index contributed by atoms with van der Waals surface area (Å²) in [5.74, 6) is -1.64. The molecule has 1 aromatic carbocycles. The van der Waals surface area contributed by atoms with Crippen LogP contribution in [0.4, 0.5) is 5.69 Å². The molecule has 0 aliphatic rings. The summed E-state index contributed by atoms with van der Waals surface area (Å²) in [6, 6.07) is 5.66. The molecule has 3 aromatic rings. The second-order valence-corrected chi connectivity index (χ2v) is 9.30. The molecule has 0 aliphatic heterocycles. The number of aromatic nitrogens is 4. The van der Waals surface area contributed by atoms with Gasteiger partial charge in [0.1, 0.15) is 0 Å². The highest BCUT2D eigenvalue weighted by molar-refractivity contribution is 7.89. The highest BCUT2D eigenvalue weighted by Crippen LogP contribution is 2.26. The first-order valence-electron chi connectivity index (χ1n) is 8.89. The maximum absolute atomic E-state index is 12.3. The van der Waals surface area contributed by atoms with E-state index < -0.39 is 28.5 Å². The number of halogens is 1. The third-order valence-corrected chi connectivity index (χ3v) is 6.27. The number of anilines is 1. The van der Waals surface area contributed by atoms with Crippen LogP contribution in [0, 0.1) is 13.8 Å². The summed E-state index contributed by atoms with van der Waals surface area (Å²) >= 11 is 6.04. The van der Waals surface area contributed by atoms with Gasteiger partial charge in [-0.15, -0.1) is 5.10 Å². The number of hydrogen-bond acceptors (Lipinski definition) is 8. The summed E-state index contributed by atoms with van der Waals surface area (Å²) in [6.07, 6.45) is 0. The van der Waals surface area contributed by atoms with Crippen molar-refractivity contribution in [1.29, 1.82) is 0 Å². The van der Waals surface area contributed by atoms with Gasteiger partial charge in [0.2, 0.25) is 10.0 Å². The summed E-state index contributed by atoms with van der Waals surface area (Å²) < 4.78 is 31.9. The van der Waals surface area contributed by atoms with E-state index in [4.69, 9.17) is 16.3 Å². The zero-order valence-corrected chi connectivity index (χ0v) is 18.7. The summed E-state index contributed by atoms with van der Waals surface area (Å²) in [4.78, 5) is 32.5. The number of fused-ring (bicyclic) bond motifs is 1. The van der Waals surface area contributed by atoms with E-state index in [1.54, 1.807) is 19.9 Å². The SMILES string of the molecule is Cc1cc(C)n2nc(C(=O)OCC(=O)Nc3cc(S(=O)(=O)N(C)C)ccc3Cl)nc2n1. The lowest BCUT2D eigenvalue weighted by molar-refractivity contribution is -0.119. The summed E-state index contributed by atoms with van der Waals surface area (Å²) in [5, 5.41) is 6.57. The number of rotatable bonds is 6. The van der Waals surface area contributed by atoms with Crippen LogP contribution >= 0.6 is 11.6 Å². The first-order chi connectivity index (χ1) is 14.5. The lowest BCUT2D eigenvalue weighted by atomic mass is 10.3. The molecular formula is C18H19ClN6O5S. The highest BCUT2D eigenvalue weighted by Gasteiger charge is 2.21. The number of carbonyl (C=O) groups excluding carboxylic acids is 2. The molecule has 2 heterocycles. The van der Waals surface area contributed by atoms with Gasteiger partial charge in [-0.2, -0.15) is 4.98 Å². The molecular weight excluding hydrogens is 448 g/mol. The van der Waals surface area contributed by atoms with Crippen LogP contribution in [0.2, 0.25) is 5.02 Å². The molecule has 31 heavy (non-hydrogen) atoms. The van der Waals surface area contributed by atoms with E-state index in [2.05, 4.69) is 20.4 Å². The van der Waals surface area contributed by atoms with E-state index in [0.29, 0.717) is 5.69 Å². The van der Waals surface area contributed by atoms with E-state index >= 15 is 0 Å². The van der Waals surface area contributed by atoms with E-state index in [-0.39, 0.29) is 27.2 Å². The Morgan fingerprint density at radius 1 is 1.19 bits per heavy atom. The molecule has 2 aromatic heterocycles. The minimum absolute atomic E-state index is 0.0544. The Labute approximate surface area is 183 Å². The van der Waals surface area contributed by atoms with Gasteiger partial charge in [-0.05, 0) is 38.1 Å². The van der Waals surface area contributed by atoms with Crippen molar-refractivity contribution in [2.45, 2.75) is 18.7 Å². The van der Waals surface area contributed by atoms with Gasteiger partial charge in [0.25, 0.3) is 17.5 Å². The van der Waals surface area contributed by atoms with Crippen molar-refractivity contribution in [3.63, 3.8) is 0 Å². The molecule has 0 aliphatic carbocycles. The highest BCUT2D eigenvalue weighted by atomic mass is 35.5. The van der Waals surface area contributed by atoms with E-state index in [1.165, 1.54) is 36.8 Å². The van der Waals surface area contributed by atoms with Gasteiger partial charge in [0, 0.05) is 25.5 Å². The molecule has 0 bridgehead atoms. The smallest absolute Gasteiger partial charge is 0.378 e. The molecule has 0 saturated carbocycles. The molecule has 0 atom stereocenters. The number of aryl methyl sites for hydroxylation is 2. The van der Waals surface area contributed by atoms with Crippen LogP contribution in [0.5, 0.6) is 0 Å². The Morgan fingerprint density at radius 2 is 1.90 bits per heavy atom. The number of sulfonamides is 1.